The lowest BCUT2D eigenvalue weighted by molar-refractivity contribution is 0.0326. The van der Waals surface area contributed by atoms with E-state index in [1.54, 1.807) is 7.11 Å². The summed E-state index contributed by atoms with van der Waals surface area (Å²) in [7, 11) is 1.64. The number of carbonyl (C=O) groups is 1. The van der Waals surface area contributed by atoms with Crippen molar-refractivity contribution in [2.45, 2.75) is 39.8 Å². The normalized spacial score (nSPS) is 15.1. The molecular formula is C21H29BrN2O4. The van der Waals surface area contributed by atoms with E-state index in [9.17, 15) is 4.79 Å². The van der Waals surface area contributed by atoms with Gasteiger partial charge in [-0.25, -0.2) is 4.79 Å². The Hall–Kier alpha value is -1.57. The molecule has 0 radical (unpaired) electrons. The van der Waals surface area contributed by atoms with Crippen LogP contribution >= 0.6 is 15.9 Å². The summed E-state index contributed by atoms with van der Waals surface area (Å²) < 4.78 is 19.6. The number of hydrogen-bond donors (Lipinski definition) is 0. The summed E-state index contributed by atoms with van der Waals surface area (Å²) >= 11 is 3.60. The molecular weight excluding hydrogens is 424 g/mol. The van der Waals surface area contributed by atoms with E-state index in [4.69, 9.17) is 14.2 Å². The predicted molar refractivity (Wildman–Crippen MR) is 113 cm³/mol. The second kappa shape index (κ2) is 9.76. The predicted octanol–water partition coefficient (Wildman–Crippen LogP) is 4.22. The summed E-state index contributed by atoms with van der Waals surface area (Å²) in [6, 6.07) is 3.99. The molecule has 1 aliphatic heterocycles. The molecule has 1 aromatic heterocycles. The number of nitrogens with zero attached hydrogens (tertiary/aromatic N) is 2. The van der Waals surface area contributed by atoms with Gasteiger partial charge in [-0.2, -0.15) is 0 Å². The van der Waals surface area contributed by atoms with Crippen LogP contribution in [0.2, 0.25) is 0 Å². The van der Waals surface area contributed by atoms with E-state index in [1.807, 2.05) is 13.0 Å². The van der Waals surface area contributed by atoms with E-state index in [0.717, 1.165) is 66.8 Å². The number of fused-ring (bicyclic) bond motifs is 1. The van der Waals surface area contributed by atoms with Gasteiger partial charge in [0.1, 0.15) is 5.75 Å². The van der Waals surface area contributed by atoms with Crippen LogP contribution < -0.4 is 4.74 Å². The Morgan fingerprint density at radius 3 is 2.64 bits per heavy atom. The molecule has 0 saturated carbocycles. The highest BCUT2D eigenvalue weighted by atomic mass is 79.9. The average molecular weight is 453 g/mol. The first kappa shape index (κ1) is 21.1. The molecule has 0 aliphatic carbocycles. The summed E-state index contributed by atoms with van der Waals surface area (Å²) in [6.45, 7) is 9.12. The number of rotatable bonds is 8. The molecule has 0 spiro atoms. The van der Waals surface area contributed by atoms with Crippen molar-refractivity contribution >= 4 is 32.8 Å². The minimum absolute atomic E-state index is 0.268. The van der Waals surface area contributed by atoms with Crippen LogP contribution in [0.4, 0.5) is 0 Å². The highest BCUT2D eigenvalue weighted by Gasteiger charge is 2.26. The van der Waals surface area contributed by atoms with Crippen LogP contribution in [0.15, 0.2) is 16.6 Å². The fourth-order valence-electron chi connectivity index (χ4n) is 3.70. The highest BCUT2D eigenvalue weighted by Crippen LogP contribution is 2.36. The molecule has 28 heavy (non-hydrogen) atoms. The summed E-state index contributed by atoms with van der Waals surface area (Å²) in [5.41, 5.74) is 2.71. The summed E-state index contributed by atoms with van der Waals surface area (Å²) in [4.78, 5) is 15.3. The molecule has 0 atom stereocenters. The van der Waals surface area contributed by atoms with Gasteiger partial charge in [0.25, 0.3) is 0 Å². The van der Waals surface area contributed by atoms with Gasteiger partial charge in [0.05, 0.1) is 42.5 Å². The molecule has 1 saturated heterocycles. The fourth-order valence-corrected chi connectivity index (χ4v) is 4.19. The number of aromatic nitrogens is 1. The van der Waals surface area contributed by atoms with Crippen molar-refractivity contribution in [1.29, 1.82) is 0 Å². The Bertz CT molecular complexity index is 828. The number of esters is 1. The third-order valence-corrected chi connectivity index (χ3v) is 5.76. The molecule has 0 bridgehead atoms. The zero-order valence-corrected chi connectivity index (χ0v) is 18.5. The zero-order valence-electron chi connectivity index (χ0n) is 16.9. The molecule has 6 nitrogen and oxygen atoms in total. The summed E-state index contributed by atoms with van der Waals surface area (Å²) in [5, 5.41) is 0.887. The fraction of sp³-hybridized carbons (Fsp3) is 0.571. The molecule has 1 aromatic carbocycles. The van der Waals surface area contributed by atoms with Gasteiger partial charge in [-0.05, 0) is 41.4 Å². The number of carbonyl (C=O) groups excluding carboxylic acids is 1. The maximum absolute atomic E-state index is 13.0. The second-order valence-corrected chi connectivity index (χ2v) is 7.79. The Balaban J connectivity index is 2.18. The van der Waals surface area contributed by atoms with Crippen LogP contribution in [-0.2, 0) is 22.6 Å². The van der Waals surface area contributed by atoms with E-state index in [-0.39, 0.29) is 5.97 Å². The summed E-state index contributed by atoms with van der Waals surface area (Å²) in [6.07, 6.45) is 2.13. The standard InChI is InChI=1S/C21H29BrN2O4/c1-4-6-7-24-17-13-16(22)19(26-3)12-15(17)20(21(25)28-5-2)18(24)14-23-8-10-27-11-9-23/h12-13H,4-11,14H2,1-3H3. The maximum Gasteiger partial charge on any atom is 0.340 e. The monoisotopic (exact) mass is 452 g/mol. The van der Waals surface area contributed by atoms with Gasteiger partial charge >= 0.3 is 5.97 Å². The molecule has 2 aromatic rings. The van der Waals surface area contributed by atoms with Crippen molar-refractivity contribution in [3.05, 3.63) is 27.9 Å². The summed E-state index contributed by atoms with van der Waals surface area (Å²) in [5.74, 6) is 0.444. The van der Waals surface area contributed by atoms with Gasteiger partial charge in [-0.1, -0.05) is 13.3 Å². The maximum atomic E-state index is 13.0. The van der Waals surface area contributed by atoms with Crippen LogP contribution in [0.5, 0.6) is 5.75 Å². The first-order valence-corrected chi connectivity index (χ1v) is 10.8. The Morgan fingerprint density at radius 2 is 2.00 bits per heavy atom. The minimum Gasteiger partial charge on any atom is -0.496 e. The number of benzene rings is 1. The molecule has 7 heteroatoms. The average Bonchev–Trinajstić information content (AvgIpc) is 2.98. The number of ether oxygens (including phenoxy) is 3. The third-order valence-electron chi connectivity index (χ3n) is 5.14. The number of unbranched alkanes of at least 4 members (excludes halogenated alkanes) is 1. The largest absolute Gasteiger partial charge is 0.496 e. The number of aryl methyl sites for hydroxylation is 1. The van der Waals surface area contributed by atoms with Gasteiger partial charge in [-0.3, -0.25) is 4.90 Å². The van der Waals surface area contributed by atoms with Gasteiger partial charge in [0.15, 0.2) is 0 Å². The van der Waals surface area contributed by atoms with E-state index in [0.29, 0.717) is 24.5 Å². The highest BCUT2D eigenvalue weighted by molar-refractivity contribution is 9.10. The number of hydrogen-bond acceptors (Lipinski definition) is 5. The molecule has 0 unspecified atom stereocenters. The van der Waals surface area contributed by atoms with Crippen molar-refractivity contribution in [2.24, 2.45) is 0 Å². The molecule has 3 rings (SSSR count). The lowest BCUT2D eigenvalue weighted by Gasteiger charge is -2.27. The van der Waals surface area contributed by atoms with E-state index in [1.165, 1.54) is 0 Å². The number of morpholine rings is 1. The molecule has 154 valence electrons. The quantitative estimate of drug-likeness (QED) is 0.561. The van der Waals surface area contributed by atoms with Crippen LogP contribution in [0, 0.1) is 0 Å². The molecule has 0 amide bonds. The van der Waals surface area contributed by atoms with Gasteiger partial charge < -0.3 is 18.8 Å². The van der Waals surface area contributed by atoms with Crippen molar-refractivity contribution < 1.29 is 19.0 Å². The molecule has 1 fully saturated rings. The smallest absolute Gasteiger partial charge is 0.340 e. The van der Waals surface area contributed by atoms with E-state index in [2.05, 4.69) is 38.4 Å². The Morgan fingerprint density at radius 1 is 1.25 bits per heavy atom. The molecule has 2 heterocycles. The van der Waals surface area contributed by atoms with Gasteiger partial charge in [0, 0.05) is 37.3 Å². The van der Waals surface area contributed by atoms with Crippen molar-refractivity contribution in [3.8, 4) is 5.75 Å². The SMILES string of the molecule is CCCCn1c(CN2CCOCC2)c(C(=O)OCC)c2cc(OC)c(Br)cc21. The lowest BCUT2D eigenvalue weighted by Crippen LogP contribution is -2.36. The second-order valence-electron chi connectivity index (χ2n) is 6.94. The third kappa shape index (κ3) is 4.36. The van der Waals surface area contributed by atoms with Gasteiger partial charge in [0.2, 0.25) is 0 Å². The van der Waals surface area contributed by atoms with Crippen molar-refractivity contribution in [1.82, 2.24) is 9.47 Å². The van der Waals surface area contributed by atoms with Crippen LogP contribution in [0.25, 0.3) is 10.9 Å². The Labute approximate surface area is 174 Å². The van der Waals surface area contributed by atoms with Crippen LogP contribution in [0.1, 0.15) is 42.7 Å². The lowest BCUT2D eigenvalue weighted by atomic mass is 10.1. The van der Waals surface area contributed by atoms with E-state index < -0.39 is 0 Å². The molecule has 1 aliphatic rings. The van der Waals surface area contributed by atoms with Crippen molar-refractivity contribution in [3.63, 3.8) is 0 Å². The zero-order chi connectivity index (χ0) is 20.1. The van der Waals surface area contributed by atoms with Crippen molar-refractivity contribution in [2.75, 3.05) is 40.0 Å². The van der Waals surface area contributed by atoms with Gasteiger partial charge in [-0.15, -0.1) is 0 Å². The molecule has 0 N–H and O–H groups in total. The number of halogens is 1. The van der Waals surface area contributed by atoms with Crippen LogP contribution in [0.3, 0.4) is 0 Å². The van der Waals surface area contributed by atoms with E-state index >= 15 is 0 Å². The number of methoxy groups -OCH3 is 1. The topological polar surface area (TPSA) is 52.9 Å². The minimum atomic E-state index is -0.268. The Kier molecular flexibility index (Phi) is 7.37. The first-order chi connectivity index (χ1) is 13.6. The van der Waals surface area contributed by atoms with Crippen LogP contribution in [-0.4, -0.2) is 55.5 Å². The first-order valence-electron chi connectivity index (χ1n) is 9.96.